The quantitative estimate of drug-likeness (QED) is 0.637. The summed E-state index contributed by atoms with van der Waals surface area (Å²) in [6.45, 7) is 3.23. The molecule has 0 aromatic heterocycles. The largest absolute Gasteiger partial charge is 0.483 e. The van der Waals surface area contributed by atoms with E-state index in [9.17, 15) is 18.4 Å². The maximum atomic E-state index is 13.8. The van der Waals surface area contributed by atoms with Crippen LogP contribution in [0.5, 0.6) is 5.75 Å². The number of anilines is 1. The van der Waals surface area contributed by atoms with Gasteiger partial charge in [-0.15, -0.1) is 0 Å². The van der Waals surface area contributed by atoms with Crippen LogP contribution in [-0.2, 0) is 0 Å². The number of aryl methyl sites for hydroxylation is 1. The van der Waals surface area contributed by atoms with Crippen LogP contribution < -0.4 is 15.4 Å². The zero-order chi connectivity index (χ0) is 22.5. The second-order valence-corrected chi connectivity index (χ2v) is 8.28. The maximum Gasteiger partial charge on any atom is 0.261 e. The molecule has 5 nitrogen and oxygen atoms in total. The van der Waals surface area contributed by atoms with Gasteiger partial charge >= 0.3 is 0 Å². The van der Waals surface area contributed by atoms with Crippen LogP contribution in [-0.4, -0.2) is 30.4 Å². The molecule has 2 heterocycles. The highest BCUT2D eigenvalue weighted by Gasteiger charge is 2.45. The van der Waals surface area contributed by atoms with Gasteiger partial charge in [0.2, 0.25) is 0 Å². The number of halogens is 2. The van der Waals surface area contributed by atoms with Crippen molar-refractivity contribution in [1.82, 2.24) is 5.32 Å². The van der Waals surface area contributed by atoms with E-state index in [-0.39, 0.29) is 5.78 Å². The van der Waals surface area contributed by atoms with Crippen molar-refractivity contribution in [2.24, 2.45) is 0 Å². The molecule has 0 bridgehead atoms. The highest BCUT2D eigenvalue weighted by molar-refractivity contribution is 6.05. The van der Waals surface area contributed by atoms with Crippen LogP contribution in [0.4, 0.5) is 14.5 Å². The summed E-state index contributed by atoms with van der Waals surface area (Å²) in [5.74, 6) is -2.03. The lowest BCUT2D eigenvalue weighted by Crippen LogP contribution is -2.65. The van der Waals surface area contributed by atoms with Gasteiger partial charge in [0.15, 0.2) is 5.78 Å². The van der Waals surface area contributed by atoms with Gasteiger partial charge < -0.3 is 15.4 Å². The van der Waals surface area contributed by atoms with Gasteiger partial charge in [-0.05, 0) is 60.0 Å². The van der Waals surface area contributed by atoms with Gasteiger partial charge in [0, 0.05) is 18.8 Å². The standard InChI is InChI=1S/C25H20F2N2O3/c1-14-9-18-21(30)11-25(12-28-13-25)32-22(18)10-17(14)15-5-7-16(8-6-15)29-24(31)23-19(26)3-2-4-20(23)27/h2-10,28H,11-13H2,1H3,(H,29,31). The number of carbonyl (C=O) groups excluding carboxylic acids is 2. The highest BCUT2D eigenvalue weighted by atomic mass is 19.1. The van der Waals surface area contributed by atoms with Gasteiger partial charge in [0.05, 0.1) is 12.0 Å². The molecule has 0 atom stereocenters. The van der Waals surface area contributed by atoms with Crippen molar-refractivity contribution in [3.05, 3.63) is 82.9 Å². The Morgan fingerprint density at radius 2 is 1.72 bits per heavy atom. The first kappa shape index (κ1) is 20.3. The number of benzene rings is 3. The van der Waals surface area contributed by atoms with Gasteiger partial charge in [-0.3, -0.25) is 9.59 Å². The molecular weight excluding hydrogens is 414 g/mol. The van der Waals surface area contributed by atoms with Gasteiger partial charge in [0.1, 0.15) is 28.5 Å². The number of ketones is 1. The van der Waals surface area contributed by atoms with Crippen molar-refractivity contribution in [3.8, 4) is 16.9 Å². The van der Waals surface area contributed by atoms with E-state index in [0.717, 1.165) is 28.8 Å². The first-order valence-electron chi connectivity index (χ1n) is 10.3. The molecule has 3 aromatic carbocycles. The number of Topliss-reactive ketones (excluding diaryl/α,β-unsaturated/α-hetero) is 1. The van der Waals surface area contributed by atoms with Gasteiger partial charge in [0.25, 0.3) is 5.91 Å². The van der Waals surface area contributed by atoms with Crippen LogP contribution in [0.3, 0.4) is 0 Å². The van der Waals surface area contributed by atoms with Gasteiger partial charge in [-0.1, -0.05) is 18.2 Å². The average Bonchev–Trinajstić information content (AvgIpc) is 2.73. The van der Waals surface area contributed by atoms with E-state index in [0.29, 0.717) is 36.5 Å². The molecule has 2 aliphatic rings. The molecule has 1 amide bonds. The molecule has 0 radical (unpaired) electrons. The van der Waals surface area contributed by atoms with E-state index in [2.05, 4.69) is 10.6 Å². The van der Waals surface area contributed by atoms with E-state index in [4.69, 9.17) is 4.74 Å². The monoisotopic (exact) mass is 434 g/mol. The zero-order valence-electron chi connectivity index (χ0n) is 17.3. The van der Waals surface area contributed by atoms with Crippen molar-refractivity contribution >= 4 is 17.4 Å². The molecule has 162 valence electrons. The second kappa shape index (κ2) is 7.53. The third-order valence-electron chi connectivity index (χ3n) is 5.97. The molecule has 1 saturated heterocycles. The molecular formula is C25H20F2N2O3. The predicted molar refractivity (Wildman–Crippen MR) is 116 cm³/mol. The lowest BCUT2D eigenvalue weighted by Gasteiger charge is -2.45. The number of carbonyl (C=O) groups is 2. The minimum absolute atomic E-state index is 0.0841. The van der Waals surface area contributed by atoms with Crippen LogP contribution >= 0.6 is 0 Å². The van der Waals surface area contributed by atoms with E-state index in [1.54, 1.807) is 24.3 Å². The molecule has 0 aliphatic carbocycles. The third kappa shape index (κ3) is 3.44. The lowest BCUT2D eigenvalue weighted by molar-refractivity contribution is 0.00243. The summed E-state index contributed by atoms with van der Waals surface area (Å²) in [5.41, 5.74) is 2.62. The van der Waals surface area contributed by atoms with Crippen molar-refractivity contribution in [1.29, 1.82) is 0 Å². The summed E-state index contributed by atoms with van der Waals surface area (Å²) in [7, 11) is 0. The first-order chi connectivity index (χ1) is 15.3. The minimum Gasteiger partial charge on any atom is -0.483 e. The normalized spacial score (nSPS) is 16.2. The molecule has 32 heavy (non-hydrogen) atoms. The Kier molecular flexibility index (Phi) is 4.78. The summed E-state index contributed by atoms with van der Waals surface area (Å²) < 4.78 is 33.9. The summed E-state index contributed by atoms with van der Waals surface area (Å²) in [4.78, 5) is 24.9. The predicted octanol–water partition coefficient (Wildman–Crippen LogP) is 4.50. The Morgan fingerprint density at radius 1 is 1.03 bits per heavy atom. The molecule has 5 rings (SSSR count). The third-order valence-corrected chi connectivity index (χ3v) is 5.97. The molecule has 0 unspecified atom stereocenters. The fourth-order valence-corrected chi connectivity index (χ4v) is 4.20. The van der Waals surface area contributed by atoms with Crippen molar-refractivity contribution in [2.75, 3.05) is 18.4 Å². The smallest absolute Gasteiger partial charge is 0.261 e. The zero-order valence-corrected chi connectivity index (χ0v) is 17.3. The molecule has 3 aromatic rings. The average molecular weight is 434 g/mol. The van der Waals surface area contributed by atoms with Crippen molar-refractivity contribution in [3.63, 3.8) is 0 Å². The van der Waals surface area contributed by atoms with E-state index in [1.165, 1.54) is 6.07 Å². The fraction of sp³-hybridized carbons (Fsp3) is 0.200. The Hall–Kier alpha value is -3.58. The molecule has 2 aliphatic heterocycles. The van der Waals surface area contributed by atoms with E-state index < -0.39 is 28.7 Å². The number of hydrogen-bond acceptors (Lipinski definition) is 4. The number of ether oxygens (including phenoxy) is 1. The van der Waals surface area contributed by atoms with E-state index in [1.807, 2.05) is 19.1 Å². The highest BCUT2D eigenvalue weighted by Crippen LogP contribution is 2.39. The number of rotatable bonds is 3. The van der Waals surface area contributed by atoms with Crippen molar-refractivity contribution < 1.29 is 23.1 Å². The van der Waals surface area contributed by atoms with Crippen LogP contribution in [0, 0.1) is 18.6 Å². The molecule has 0 saturated carbocycles. The number of hydrogen-bond donors (Lipinski definition) is 2. The Bertz CT molecular complexity index is 1230. The van der Waals surface area contributed by atoms with Crippen LogP contribution in [0.25, 0.3) is 11.1 Å². The SMILES string of the molecule is Cc1cc2c(cc1-c1ccc(NC(=O)c3c(F)cccc3F)cc1)OC1(CNC1)CC2=O. The number of fused-ring (bicyclic) bond motifs is 1. The van der Waals surface area contributed by atoms with Crippen molar-refractivity contribution in [2.45, 2.75) is 18.9 Å². The summed E-state index contributed by atoms with van der Waals surface area (Å²) in [5, 5.41) is 5.68. The molecule has 2 N–H and O–H groups in total. The first-order valence-corrected chi connectivity index (χ1v) is 10.3. The second-order valence-electron chi connectivity index (χ2n) is 8.28. The summed E-state index contributed by atoms with van der Waals surface area (Å²) >= 11 is 0. The number of nitrogens with one attached hydrogen (secondary N) is 2. The Morgan fingerprint density at radius 3 is 2.34 bits per heavy atom. The van der Waals surface area contributed by atoms with Gasteiger partial charge in [-0.2, -0.15) is 0 Å². The summed E-state index contributed by atoms with van der Waals surface area (Å²) in [6, 6.07) is 13.9. The van der Waals surface area contributed by atoms with Crippen LogP contribution in [0.2, 0.25) is 0 Å². The molecule has 1 fully saturated rings. The lowest BCUT2D eigenvalue weighted by atomic mass is 9.84. The summed E-state index contributed by atoms with van der Waals surface area (Å²) in [6.07, 6.45) is 0.378. The van der Waals surface area contributed by atoms with Crippen LogP contribution in [0.1, 0.15) is 32.7 Å². The Balaban J connectivity index is 1.40. The number of amides is 1. The van der Waals surface area contributed by atoms with E-state index >= 15 is 0 Å². The van der Waals surface area contributed by atoms with Crippen LogP contribution in [0.15, 0.2) is 54.6 Å². The molecule has 7 heteroatoms. The van der Waals surface area contributed by atoms with Gasteiger partial charge in [-0.25, -0.2) is 8.78 Å². The topological polar surface area (TPSA) is 67.4 Å². The Labute approximate surface area is 183 Å². The molecule has 1 spiro atoms. The maximum absolute atomic E-state index is 13.8. The minimum atomic E-state index is -0.919. The fourth-order valence-electron chi connectivity index (χ4n) is 4.20.